The van der Waals surface area contributed by atoms with Crippen LogP contribution in [0.15, 0.2) is 48.5 Å². The molecule has 26 heavy (non-hydrogen) atoms. The van der Waals surface area contributed by atoms with Gasteiger partial charge < -0.3 is 14.7 Å². The van der Waals surface area contributed by atoms with Gasteiger partial charge in [0.15, 0.2) is 0 Å². The molecule has 0 bridgehead atoms. The van der Waals surface area contributed by atoms with Crippen molar-refractivity contribution in [1.82, 2.24) is 4.90 Å². The van der Waals surface area contributed by atoms with E-state index in [1.165, 1.54) is 0 Å². The molecular formula is C20H21Cl2NO3. The number of carbonyl (C=O) groups is 1. The lowest BCUT2D eigenvalue weighted by atomic mass is 9.91. The Labute approximate surface area is 163 Å². The van der Waals surface area contributed by atoms with Crippen LogP contribution in [0, 0.1) is 0 Å². The Bertz CT molecular complexity index is 762. The van der Waals surface area contributed by atoms with Crippen molar-refractivity contribution in [2.45, 2.75) is 31.5 Å². The SMILES string of the molecule is CC[C@@H](CO)N1C(=O)CO[C@H](c2cccc(Cl)c2)[C@H]1c1ccc(Cl)cc1. The van der Waals surface area contributed by atoms with Crippen molar-refractivity contribution in [3.05, 3.63) is 69.7 Å². The quantitative estimate of drug-likeness (QED) is 0.818. The molecule has 0 radical (unpaired) electrons. The first kappa shape index (κ1) is 19.2. The molecule has 0 aromatic heterocycles. The van der Waals surface area contributed by atoms with Gasteiger partial charge in [-0.1, -0.05) is 54.4 Å². The maximum Gasteiger partial charge on any atom is 0.249 e. The number of halogens is 2. The molecule has 6 heteroatoms. The second-order valence-corrected chi connectivity index (χ2v) is 7.20. The lowest BCUT2D eigenvalue weighted by Crippen LogP contribution is -2.51. The predicted octanol–water partition coefficient (Wildman–Crippen LogP) is 4.41. The minimum atomic E-state index is -0.381. The topological polar surface area (TPSA) is 49.8 Å². The minimum absolute atomic E-state index is 0.0300. The first-order valence-corrected chi connectivity index (χ1v) is 9.35. The van der Waals surface area contributed by atoms with Gasteiger partial charge in [-0.05, 0) is 41.8 Å². The number of hydrogen-bond donors (Lipinski definition) is 1. The number of nitrogens with zero attached hydrogens (tertiary/aromatic N) is 1. The third-order valence-electron chi connectivity index (χ3n) is 4.72. The molecule has 2 aromatic rings. The van der Waals surface area contributed by atoms with Crippen LogP contribution in [0.25, 0.3) is 0 Å². The fourth-order valence-electron chi connectivity index (χ4n) is 3.43. The minimum Gasteiger partial charge on any atom is -0.394 e. The number of benzene rings is 2. The first-order chi connectivity index (χ1) is 12.5. The number of aliphatic hydroxyl groups is 1. The summed E-state index contributed by atoms with van der Waals surface area (Å²) in [6.07, 6.45) is 0.266. The molecule has 0 aliphatic carbocycles. The number of hydrogen-bond acceptors (Lipinski definition) is 3. The number of ether oxygens (including phenoxy) is 1. The van der Waals surface area contributed by atoms with Crippen molar-refractivity contribution < 1.29 is 14.6 Å². The fourth-order valence-corrected chi connectivity index (χ4v) is 3.75. The highest BCUT2D eigenvalue weighted by Gasteiger charge is 2.41. The summed E-state index contributed by atoms with van der Waals surface area (Å²) in [5.74, 6) is -0.135. The summed E-state index contributed by atoms with van der Waals surface area (Å²) in [5.41, 5.74) is 1.79. The summed E-state index contributed by atoms with van der Waals surface area (Å²) in [7, 11) is 0. The van der Waals surface area contributed by atoms with Crippen LogP contribution in [0.3, 0.4) is 0 Å². The number of rotatable bonds is 5. The smallest absolute Gasteiger partial charge is 0.249 e. The predicted molar refractivity (Wildman–Crippen MR) is 102 cm³/mol. The maximum atomic E-state index is 12.7. The van der Waals surface area contributed by atoms with Crippen LogP contribution in [0.4, 0.5) is 0 Å². The van der Waals surface area contributed by atoms with E-state index in [9.17, 15) is 9.90 Å². The molecular weight excluding hydrogens is 373 g/mol. The summed E-state index contributed by atoms with van der Waals surface area (Å²) < 4.78 is 5.93. The standard InChI is InChI=1S/C20H21Cl2NO3/c1-2-17(11-24)23-18(25)12-26-20(14-4-3-5-16(22)10-14)19(23)13-6-8-15(21)9-7-13/h3-10,17,19-20,24H,2,11-12H2,1H3/t17-,19+,20+/m0/s1. The van der Waals surface area contributed by atoms with Gasteiger partial charge in [0.2, 0.25) is 5.91 Å². The second-order valence-electron chi connectivity index (χ2n) is 6.33. The molecule has 1 amide bonds. The summed E-state index contributed by atoms with van der Waals surface area (Å²) in [6, 6.07) is 14.2. The van der Waals surface area contributed by atoms with Gasteiger partial charge in [-0.3, -0.25) is 4.79 Å². The molecule has 1 aliphatic heterocycles. The Morgan fingerprint density at radius 3 is 2.50 bits per heavy atom. The van der Waals surface area contributed by atoms with Crippen molar-refractivity contribution >= 4 is 29.1 Å². The Kier molecular flexibility index (Phi) is 6.20. The zero-order valence-electron chi connectivity index (χ0n) is 14.4. The normalized spacial score (nSPS) is 21.7. The Hall–Kier alpha value is -1.59. The Balaban J connectivity index is 2.09. The molecule has 0 unspecified atom stereocenters. The molecule has 3 rings (SSSR count). The van der Waals surface area contributed by atoms with E-state index >= 15 is 0 Å². The van der Waals surface area contributed by atoms with E-state index in [1.54, 1.807) is 23.1 Å². The van der Waals surface area contributed by atoms with Gasteiger partial charge in [0.25, 0.3) is 0 Å². The van der Waals surface area contributed by atoms with Gasteiger partial charge >= 0.3 is 0 Å². The molecule has 3 atom stereocenters. The van der Waals surface area contributed by atoms with Crippen LogP contribution in [-0.4, -0.2) is 35.2 Å². The zero-order chi connectivity index (χ0) is 18.7. The average Bonchev–Trinajstić information content (AvgIpc) is 2.64. The lowest BCUT2D eigenvalue weighted by Gasteiger charge is -2.45. The van der Waals surface area contributed by atoms with Crippen molar-refractivity contribution in [3.8, 4) is 0 Å². The van der Waals surface area contributed by atoms with Crippen molar-refractivity contribution in [3.63, 3.8) is 0 Å². The third-order valence-corrected chi connectivity index (χ3v) is 5.21. The maximum absolute atomic E-state index is 12.7. The summed E-state index contributed by atoms with van der Waals surface area (Å²) in [5, 5.41) is 11.1. The van der Waals surface area contributed by atoms with Crippen molar-refractivity contribution in [2.24, 2.45) is 0 Å². The lowest BCUT2D eigenvalue weighted by molar-refractivity contribution is -0.165. The van der Waals surface area contributed by atoms with E-state index in [-0.39, 0.29) is 37.3 Å². The molecule has 0 saturated carbocycles. The molecule has 2 aromatic carbocycles. The molecule has 1 heterocycles. The van der Waals surface area contributed by atoms with Crippen LogP contribution in [0.5, 0.6) is 0 Å². The van der Waals surface area contributed by atoms with E-state index in [1.807, 2.05) is 37.3 Å². The first-order valence-electron chi connectivity index (χ1n) is 8.59. The van der Waals surface area contributed by atoms with Gasteiger partial charge in [-0.15, -0.1) is 0 Å². The average molecular weight is 394 g/mol. The number of amides is 1. The van der Waals surface area contributed by atoms with E-state index in [4.69, 9.17) is 27.9 Å². The van der Waals surface area contributed by atoms with Gasteiger partial charge in [-0.25, -0.2) is 0 Å². The molecule has 0 spiro atoms. The summed E-state index contributed by atoms with van der Waals surface area (Å²) >= 11 is 12.2. The third kappa shape index (κ3) is 3.89. The van der Waals surface area contributed by atoms with E-state index in [0.717, 1.165) is 11.1 Å². The van der Waals surface area contributed by atoms with Crippen LogP contribution in [-0.2, 0) is 9.53 Å². The molecule has 1 saturated heterocycles. The second kappa shape index (κ2) is 8.40. The molecule has 1 fully saturated rings. The van der Waals surface area contributed by atoms with Crippen LogP contribution in [0.1, 0.15) is 36.6 Å². The highest BCUT2D eigenvalue weighted by Crippen LogP contribution is 2.42. The summed E-state index contributed by atoms with van der Waals surface area (Å²) in [4.78, 5) is 14.4. The highest BCUT2D eigenvalue weighted by molar-refractivity contribution is 6.30. The molecule has 138 valence electrons. The van der Waals surface area contributed by atoms with Crippen LogP contribution >= 0.6 is 23.2 Å². The van der Waals surface area contributed by atoms with Crippen LogP contribution < -0.4 is 0 Å². The van der Waals surface area contributed by atoms with Crippen molar-refractivity contribution in [2.75, 3.05) is 13.2 Å². The van der Waals surface area contributed by atoms with Crippen LogP contribution in [0.2, 0.25) is 10.0 Å². The molecule has 4 nitrogen and oxygen atoms in total. The number of carbonyl (C=O) groups excluding carboxylic acids is 1. The van der Waals surface area contributed by atoms with Gasteiger partial charge in [0.05, 0.1) is 18.7 Å². The Morgan fingerprint density at radius 2 is 1.88 bits per heavy atom. The monoisotopic (exact) mass is 393 g/mol. The van der Waals surface area contributed by atoms with Gasteiger partial charge in [-0.2, -0.15) is 0 Å². The zero-order valence-corrected chi connectivity index (χ0v) is 16.0. The number of morpholine rings is 1. The van der Waals surface area contributed by atoms with E-state index in [2.05, 4.69) is 0 Å². The van der Waals surface area contributed by atoms with Crippen molar-refractivity contribution in [1.29, 1.82) is 0 Å². The Morgan fingerprint density at radius 1 is 1.15 bits per heavy atom. The number of aliphatic hydroxyl groups excluding tert-OH is 1. The van der Waals surface area contributed by atoms with Gasteiger partial charge in [0, 0.05) is 10.0 Å². The summed E-state index contributed by atoms with van der Waals surface area (Å²) in [6.45, 7) is 1.82. The highest BCUT2D eigenvalue weighted by atomic mass is 35.5. The van der Waals surface area contributed by atoms with E-state index in [0.29, 0.717) is 16.5 Å². The van der Waals surface area contributed by atoms with Gasteiger partial charge in [0.1, 0.15) is 12.7 Å². The van der Waals surface area contributed by atoms with E-state index < -0.39 is 0 Å². The largest absolute Gasteiger partial charge is 0.394 e. The molecule has 1 aliphatic rings. The molecule has 1 N–H and O–H groups in total. The fraction of sp³-hybridized carbons (Fsp3) is 0.350.